The monoisotopic (exact) mass is 391 g/mol. The molecular weight excluding hydrogens is 372 g/mol. The molecule has 3 rings (SSSR count). The molecule has 0 spiro atoms. The lowest BCUT2D eigenvalue weighted by molar-refractivity contribution is 0.0734. The molecule has 0 saturated carbocycles. The number of nitrogens with zero attached hydrogens (tertiary/aromatic N) is 3. The van der Waals surface area contributed by atoms with E-state index in [4.69, 9.17) is 11.6 Å². The first-order valence-corrected chi connectivity index (χ1v) is 9.13. The number of amides is 1. The number of hydrogen-bond acceptors (Lipinski definition) is 2. The Morgan fingerprint density at radius 2 is 1.96 bits per heavy atom. The summed E-state index contributed by atoms with van der Waals surface area (Å²) in [6.45, 7) is 2.79. The third kappa shape index (κ3) is 4.11. The molecule has 0 bridgehead atoms. The number of halogens is 3. The average Bonchev–Trinajstić information content (AvgIpc) is 2.95. The van der Waals surface area contributed by atoms with Crippen LogP contribution in [0.4, 0.5) is 8.78 Å². The van der Waals surface area contributed by atoms with E-state index in [1.165, 1.54) is 6.07 Å². The van der Waals surface area contributed by atoms with Gasteiger partial charge in [0.2, 0.25) is 0 Å². The standard InChI is InChI=1S/C20H20ClF2N3O/c1-3-4-9-26(20(27)13-5-7-15(22)16(23)10-13)12-19-24-17-8-6-14(21)11-18(17)25(19)2/h5-8,10-11H,3-4,9,12H2,1-2H3. The Kier molecular flexibility index (Phi) is 5.75. The zero-order valence-electron chi connectivity index (χ0n) is 15.2. The third-order valence-electron chi connectivity index (χ3n) is 4.50. The lowest BCUT2D eigenvalue weighted by Crippen LogP contribution is -2.32. The molecule has 0 atom stereocenters. The van der Waals surface area contributed by atoms with Crippen molar-refractivity contribution in [1.29, 1.82) is 0 Å². The van der Waals surface area contributed by atoms with Crippen LogP contribution in [0.3, 0.4) is 0 Å². The number of rotatable bonds is 6. The van der Waals surface area contributed by atoms with Gasteiger partial charge in [0.15, 0.2) is 11.6 Å². The van der Waals surface area contributed by atoms with Gasteiger partial charge < -0.3 is 9.47 Å². The molecule has 3 aromatic rings. The van der Waals surface area contributed by atoms with Crippen LogP contribution in [-0.4, -0.2) is 26.9 Å². The second kappa shape index (κ2) is 8.05. The molecule has 0 N–H and O–H groups in total. The summed E-state index contributed by atoms with van der Waals surface area (Å²) in [5, 5.41) is 0.609. The molecule has 0 unspecified atom stereocenters. The van der Waals surface area contributed by atoms with Crippen molar-refractivity contribution < 1.29 is 13.6 Å². The Morgan fingerprint density at radius 1 is 1.19 bits per heavy atom. The number of fused-ring (bicyclic) bond motifs is 1. The second-order valence-corrected chi connectivity index (χ2v) is 6.87. The number of aryl methyl sites for hydroxylation is 1. The quantitative estimate of drug-likeness (QED) is 0.596. The second-order valence-electron chi connectivity index (χ2n) is 6.43. The summed E-state index contributed by atoms with van der Waals surface area (Å²) in [5.74, 6) is -1.67. The number of benzene rings is 2. The fraction of sp³-hybridized carbons (Fsp3) is 0.300. The molecular formula is C20H20ClF2N3O. The lowest BCUT2D eigenvalue weighted by Gasteiger charge is -2.22. The average molecular weight is 392 g/mol. The van der Waals surface area contributed by atoms with Crippen molar-refractivity contribution in [3.63, 3.8) is 0 Å². The van der Waals surface area contributed by atoms with Crippen LogP contribution >= 0.6 is 11.6 Å². The Morgan fingerprint density at radius 3 is 2.67 bits per heavy atom. The molecule has 0 aliphatic heterocycles. The van der Waals surface area contributed by atoms with Crippen LogP contribution in [0.1, 0.15) is 35.9 Å². The molecule has 0 radical (unpaired) electrons. The number of carbonyl (C=O) groups excluding carboxylic acids is 1. The molecule has 0 saturated heterocycles. The van der Waals surface area contributed by atoms with Crippen molar-refractivity contribution in [3.8, 4) is 0 Å². The normalized spacial score (nSPS) is 11.1. The zero-order chi connectivity index (χ0) is 19.6. The van der Waals surface area contributed by atoms with Gasteiger partial charge in [-0.25, -0.2) is 13.8 Å². The first-order valence-electron chi connectivity index (χ1n) is 8.76. The summed E-state index contributed by atoms with van der Waals surface area (Å²) < 4.78 is 28.6. The van der Waals surface area contributed by atoms with Gasteiger partial charge in [-0.3, -0.25) is 4.79 Å². The van der Waals surface area contributed by atoms with Crippen LogP contribution in [0.25, 0.3) is 11.0 Å². The van der Waals surface area contributed by atoms with Gasteiger partial charge in [0.05, 0.1) is 17.6 Å². The fourth-order valence-corrected chi connectivity index (χ4v) is 3.10. The van der Waals surface area contributed by atoms with Crippen LogP contribution in [-0.2, 0) is 13.6 Å². The molecule has 2 aromatic carbocycles. The van der Waals surface area contributed by atoms with E-state index in [1.54, 1.807) is 11.0 Å². The van der Waals surface area contributed by atoms with Crippen molar-refractivity contribution in [2.75, 3.05) is 6.54 Å². The summed E-state index contributed by atoms with van der Waals surface area (Å²) in [6, 6.07) is 8.62. The van der Waals surface area contributed by atoms with Gasteiger partial charge in [0.25, 0.3) is 5.91 Å². The summed E-state index contributed by atoms with van der Waals surface area (Å²) in [4.78, 5) is 19.1. The van der Waals surface area contributed by atoms with Crippen LogP contribution in [0, 0.1) is 11.6 Å². The Hall–Kier alpha value is -2.47. The SMILES string of the molecule is CCCCN(Cc1nc2ccc(Cl)cc2n1C)C(=O)c1ccc(F)c(F)c1. The largest absolute Gasteiger partial charge is 0.331 e. The smallest absolute Gasteiger partial charge is 0.254 e. The maximum Gasteiger partial charge on any atom is 0.254 e. The first kappa shape index (κ1) is 19.3. The predicted octanol–water partition coefficient (Wildman–Crippen LogP) is 4.95. The molecule has 4 nitrogen and oxygen atoms in total. The maximum absolute atomic E-state index is 13.5. The zero-order valence-corrected chi connectivity index (χ0v) is 15.9. The maximum atomic E-state index is 13.5. The van der Waals surface area contributed by atoms with E-state index in [1.807, 2.05) is 30.7 Å². The minimum atomic E-state index is -1.03. The molecule has 0 fully saturated rings. The van der Waals surface area contributed by atoms with Crippen molar-refractivity contribution >= 4 is 28.5 Å². The number of hydrogen-bond donors (Lipinski definition) is 0. The Bertz CT molecular complexity index is 987. The molecule has 1 aromatic heterocycles. The highest BCUT2D eigenvalue weighted by molar-refractivity contribution is 6.31. The van der Waals surface area contributed by atoms with Crippen LogP contribution in [0.15, 0.2) is 36.4 Å². The van der Waals surface area contributed by atoms with Gasteiger partial charge in [-0.2, -0.15) is 0 Å². The van der Waals surface area contributed by atoms with Gasteiger partial charge in [-0.05, 0) is 42.8 Å². The predicted molar refractivity (Wildman–Crippen MR) is 102 cm³/mol. The molecule has 142 valence electrons. The van der Waals surface area contributed by atoms with Crippen molar-refractivity contribution in [2.24, 2.45) is 7.05 Å². The van der Waals surface area contributed by atoms with Gasteiger partial charge in [-0.15, -0.1) is 0 Å². The highest BCUT2D eigenvalue weighted by atomic mass is 35.5. The first-order chi connectivity index (χ1) is 12.9. The van der Waals surface area contributed by atoms with E-state index in [-0.39, 0.29) is 18.0 Å². The van der Waals surface area contributed by atoms with Gasteiger partial charge in [0, 0.05) is 24.2 Å². The van der Waals surface area contributed by atoms with E-state index < -0.39 is 11.6 Å². The van der Waals surface area contributed by atoms with Crippen LogP contribution in [0.5, 0.6) is 0 Å². The van der Waals surface area contributed by atoms with Crippen LogP contribution < -0.4 is 0 Å². The van der Waals surface area contributed by atoms with Crippen molar-refractivity contribution in [2.45, 2.75) is 26.3 Å². The molecule has 0 aliphatic rings. The molecule has 0 aliphatic carbocycles. The summed E-state index contributed by atoms with van der Waals surface area (Å²) in [6.07, 6.45) is 1.70. The molecule has 1 amide bonds. The van der Waals surface area contributed by atoms with Gasteiger partial charge >= 0.3 is 0 Å². The minimum Gasteiger partial charge on any atom is -0.331 e. The summed E-state index contributed by atoms with van der Waals surface area (Å²) in [7, 11) is 1.86. The van der Waals surface area contributed by atoms with E-state index >= 15 is 0 Å². The van der Waals surface area contributed by atoms with Crippen molar-refractivity contribution in [1.82, 2.24) is 14.5 Å². The van der Waals surface area contributed by atoms with E-state index in [9.17, 15) is 13.6 Å². The van der Waals surface area contributed by atoms with Gasteiger partial charge in [-0.1, -0.05) is 24.9 Å². The number of unbranched alkanes of at least 4 members (excludes halogenated alkanes) is 1. The van der Waals surface area contributed by atoms with E-state index in [2.05, 4.69) is 4.98 Å². The highest BCUT2D eigenvalue weighted by Gasteiger charge is 2.20. The lowest BCUT2D eigenvalue weighted by atomic mass is 10.1. The van der Waals surface area contributed by atoms with E-state index in [0.717, 1.165) is 36.0 Å². The van der Waals surface area contributed by atoms with Gasteiger partial charge in [0.1, 0.15) is 5.82 Å². The highest BCUT2D eigenvalue weighted by Crippen LogP contribution is 2.21. The molecule has 1 heterocycles. The molecule has 7 heteroatoms. The number of carbonyl (C=O) groups is 1. The number of imidazole rings is 1. The topological polar surface area (TPSA) is 38.1 Å². The molecule has 27 heavy (non-hydrogen) atoms. The van der Waals surface area contributed by atoms with Crippen molar-refractivity contribution in [3.05, 3.63) is 64.4 Å². The Balaban J connectivity index is 1.92. The number of aromatic nitrogens is 2. The minimum absolute atomic E-state index is 0.117. The van der Waals surface area contributed by atoms with Crippen LogP contribution in [0.2, 0.25) is 5.02 Å². The Labute approximate surface area is 161 Å². The third-order valence-corrected chi connectivity index (χ3v) is 4.74. The summed E-state index contributed by atoms with van der Waals surface area (Å²) in [5.41, 5.74) is 1.77. The van der Waals surface area contributed by atoms with E-state index in [0.29, 0.717) is 17.4 Å². The summed E-state index contributed by atoms with van der Waals surface area (Å²) >= 11 is 6.06. The fourth-order valence-electron chi connectivity index (χ4n) is 2.94.